The molecule has 7 heteroatoms. The zero-order valence-electron chi connectivity index (χ0n) is 12.2. The monoisotopic (exact) mass is 329 g/mol. The number of hydrogen-bond acceptors (Lipinski definition) is 6. The molecule has 1 unspecified atom stereocenters. The number of nitro groups is 1. The molecule has 0 aliphatic heterocycles. The van der Waals surface area contributed by atoms with E-state index in [0.29, 0.717) is 17.7 Å². The fourth-order valence-electron chi connectivity index (χ4n) is 2.15. The molecule has 2 N–H and O–H groups in total. The molecule has 1 aromatic carbocycles. The molecule has 0 saturated carbocycles. The van der Waals surface area contributed by atoms with Gasteiger partial charge in [0.1, 0.15) is 5.69 Å². The van der Waals surface area contributed by atoms with Gasteiger partial charge in [0.2, 0.25) is 0 Å². The molecule has 0 saturated heterocycles. The highest BCUT2D eigenvalue weighted by Gasteiger charge is 2.19. The third kappa shape index (κ3) is 4.39. The van der Waals surface area contributed by atoms with Gasteiger partial charge in [-0.05, 0) is 35.6 Å². The van der Waals surface area contributed by atoms with Gasteiger partial charge in [-0.15, -0.1) is 11.3 Å². The van der Waals surface area contributed by atoms with E-state index in [1.807, 2.05) is 23.6 Å². The van der Waals surface area contributed by atoms with E-state index in [1.54, 1.807) is 12.1 Å². The molecule has 2 aromatic rings. The van der Waals surface area contributed by atoms with E-state index in [0.717, 1.165) is 4.88 Å². The van der Waals surface area contributed by atoms with Crippen LogP contribution in [0.3, 0.4) is 0 Å². The zero-order valence-corrected chi connectivity index (χ0v) is 13.0. The van der Waals surface area contributed by atoms with Gasteiger partial charge in [0.05, 0.1) is 17.0 Å². The van der Waals surface area contributed by atoms with Crippen LogP contribution in [-0.2, 0) is 0 Å². The minimum absolute atomic E-state index is 0.0215. The smallest absolute Gasteiger partial charge is 0.292 e. The van der Waals surface area contributed by atoms with Crippen molar-refractivity contribution in [1.29, 1.82) is 5.26 Å². The zero-order chi connectivity index (χ0) is 16.7. The Morgan fingerprint density at radius 1 is 1.48 bits per heavy atom. The van der Waals surface area contributed by atoms with Gasteiger partial charge in [0.25, 0.3) is 5.69 Å². The lowest BCUT2D eigenvalue weighted by atomic mass is 10.1. The Labute approximate surface area is 137 Å². The Morgan fingerprint density at radius 2 is 2.30 bits per heavy atom. The summed E-state index contributed by atoms with van der Waals surface area (Å²) in [5.74, 6) is 0. The van der Waals surface area contributed by atoms with Crippen molar-refractivity contribution < 1.29 is 10.0 Å². The molecule has 0 fully saturated rings. The third-order valence-corrected chi connectivity index (χ3v) is 4.19. The highest BCUT2D eigenvalue weighted by molar-refractivity contribution is 7.10. The number of rotatable bonds is 7. The van der Waals surface area contributed by atoms with Crippen molar-refractivity contribution in [2.45, 2.75) is 12.5 Å². The number of hydrogen-bond donors (Lipinski definition) is 2. The lowest BCUT2D eigenvalue weighted by Crippen LogP contribution is -2.12. The predicted molar refractivity (Wildman–Crippen MR) is 90.1 cm³/mol. The number of anilines is 1. The van der Waals surface area contributed by atoms with Gasteiger partial charge in [-0.1, -0.05) is 12.1 Å². The molecule has 0 bridgehead atoms. The maximum Gasteiger partial charge on any atom is 0.292 e. The number of allylic oxidation sites excluding steroid dienone is 1. The van der Waals surface area contributed by atoms with E-state index in [9.17, 15) is 15.2 Å². The first-order chi connectivity index (χ1) is 11.2. The van der Waals surface area contributed by atoms with Gasteiger partial charge in [-0.3, -0.25) is 10.1 Å². The van der Waals surface area contributed by atoms with Crippen LogP contribution in [0.25, 0.3) is 6.08 Å². The lowest BCUT2D eigenvalue weighted by Gasteiger charge is -2.18. The Hall–Kier alpha value is -2.69. The van der Waals surface area contributed by atoms with Crippen molar-refractivity contribution in [3.05, 3.63) is 62.3 Å². The first-order valence-electron chi connectivity index (χ1n) is 6.91. The largest absolute Gasteiger partial charge is 0.396 e. The summed E-state index contributed by atoms with van der Waals surface area (Å²) in [6, 6.07) is 10.2. The average Bonchev–Trinajstić information content (AvgIpc) is 3.07. The number of nitrogens with zero attached hydrogens (tertiary/aromatic N) is 2. The third-order valence-electron chi connectivity index (χ3n) is 3.20. The van der Waals surface area contributed by atoms with Crippen molar-refractivity contribution >= 4 is 28.8 Å². The fourth-order valence-corrected chi connectivity index (χ4v) is 2.96. The average molecular weight is 329 g/mol. The molecule has 1 heterocycles. The first-order valence-corrected chi connectivity index (χ1v) is 7.79. The second kappa shape index (κ2) is 8.08. The molecule has 0 aliphatic carbocycles. The number of nitriles is 1. The Bertz CT molecular complexity index is 736. The molecule has 0 aliphatic rings. The minimum Gasteiger partial charge on any atom is -0.396 e. The topological polar surface area (TPSA) is 99.2 Å². The van der Waals surface area contributed by atoms with Crippen molar-refractivity contribution in [2.24, 2.45) is 0 Å². The predicted octanol–water partition coefficient (Wildman–Crippen LogP) is 3.73. The molecule has 1 atom stereocenters. The molecule has 23 heavy (non-hydrogen) atoms. The van der Waals surface area contributed by atoms with Crippen LogP contribution in [0.2, 0.25) is 0 Å². The van der Waals surface area contributed by atoms with Crippen molar-refractivity contribution in [1.82, 2.24) is 0 Å². The van der Waals surface area contributed by atoms with Gasteiger partial charge in [0, 0.05) is 23.6 Å². The number of nitrogens with one attached hydrogen (secondary N) is 1. The molecule has 0 spiro atoms. The quantitative estimate of drug-likeness (QED) is 0.458. The summed E-state index contributed by atoms with van der Waals surface area (Å²) in [4.78, 5) is 11.8. The van der Waals surface area contributed by atoms with E-state index in [2.05, 4.69) is 5.32 Å². The molecule has 118 valence electrons. The number of aliphatic hydroxyl groups excluding tert-OH is 1. The summed E-state index contributed by atoms with van der Waals surface area (Å²) >= 11 is 1.53. The number of nitro benzene ring substituents is 1. The summed E-state index contributed by atoms with van der Waals surface area (Å²) in [5, 5.41) is 34.1. The van der Waals surface area contributed by atoms with E-state index >= 15 is 0 Å². The highest BCUT2D eigenvalue weighted by atomic mass is 32.1. The molecule has 0 amide bonds. The van der Waals surface area contributed by atoms with Crippen LogP contribution >= 0.6 is 11.3 Å². The molecular weight excluding hydrogens is 314 g/mol. The van der Waals surface area contributed by atoms with Crippen LogP contribution < -0.4 is 5.32 Å². The summed E-state index contributed by atoms with van der Waals surface area (Å²) in [6.07, 6.45) is 3.24. The first kappa shape index (κ1) is 16.7. The van der Waals surface area contributed by atoms with Crippen LogP contribution in [0, 0.1) is 21.4 Å². The second-order valence-corrected chi connectivity index (χ2v) is 5.70. The fraction of sp³-hybridized carbons (Fsp3) is 0.188. The van der Waals surface area contributed by atoms with E-state index in [4.69, 9.17) is 5.26 Å². The maximum atomic E-state index is 11.3. The summed E-state index contributed by atoms with van der Waals surface area (Å²) < 4.78 is 0. The van der Waals surface area contributed by atoms with Crippen molar-refractivity contribution in [3.8, 4) is 6.07 Å². The summed E-state index contributed by atoms with van der Waals surface area (Å²) in [5.41, 5.74) is 0.902. The number of benzene rings is 1. The van der Waals surface area contributed by atoms with Gasteiger partial charge >= 0.3 is 0 Å². The minimum atomic E-state index is -0.462. The number of aliphatic hydroxyl groups is 1. The normalized spacial score (nSPS) is 12.0. The van der Waals surface area contributed by atoms with E-state index < -0.39 is 4.92 Å². The van der Waals surface area contributed by atoms with Crippen molar-refractivity contribution in [3.63, 3.8) is 0 Å². The van der Waals surface area contributed by atoms with E-state index in [1.165, 1.54) is 29.6 Å². The van der Waals surface area contributed by atoms with Crippen LogP contribution in [0.1, 0.15) is 22.9 Å². The highest BCUT2D eigenvalue weighted by Crippen LogP contribution is 2.32. The molecule has 0 radical (unpaired) electrons. The van der Waals surface area contributed by atoms with Gasteiger partial charge in [-0.2, -0.15) is 5.26 Å². The van der Waals surface area contributed by atoms with Crippen LogP contribution in [0.4, 0.5) is 11.4 Å². The molecular formula is C16H15N3O3S. The van der Waals surface area contributed by atoms with E-state index in [-0.39, 0.29) is 18.3 Å². The Kier molecular flexibility index (Phi) is 5.86. The summed E-state index contributed by atoms with van der Waals surface area (Å²) in [6.45, 7) is -0.0215. The van der Waals surface area contributed by atoms with Crippen molar-refractivity contribution in [2.75, 3.05) is 11.9 Å². The van der Waals surface area contributed by atoms with Crippen LogP contribution in [0.5, 0.6) is 0 Å². The van der Waals surface area contributed by atoms with Gasteiger partial charge in [-0.25, -0.2) is 0 Å². The molecule has 6 nitrogen and oxygen atoms in total. The lowest BCUT2D eigenvalue weighted by molar-refractivity contribution is -0.384. The Morgan fingerprint density at radius 3 is 2.91 bits per heavy atom. The van der Waals surface area contributed by atoms with Crippen LogP contribution in [-0.4, -0.2) is 16.6 Å². The Balaban J connectivity index is 2.32. The van der Waals surface area contributed by atoms with Crippen LogP contribution in [0.15, 0.2) is 41.8 Å². The number of thiophene rings is 1. The van der Waals surface area contributed by atoms with Gasteiger partial charge in [0.15, 0.2) is 0 Å². The van der Waals surface area contributed by atoms with Gasteiger partial charge < -0.3 is 10.4 Å². The maximum absolute atomic E-state index is 11.3. The standard InChI is InChI=1S/C16H15N3O3S/c17-8-1-3-12-5-6-13(15(11-12)19(21)22)18-14(7-9-20)16-4-2-10-23-16/h1-6,10-11,14,18,20H,7,9H2/b3-1-. The molecule has 2 rings (SSSR count). The summed E-state index contributed by atoms with van der Waals surface area (Å²) in [7, 11) is 0. The molecule has 1 aromatic heterocycles. The SMILES string of the molecule is N#C/C=C\c1ccc(NC(CCO)c2cccs2)c([N+](=O)[O-])c1. The second-order valence-electron chi connectivity index (χ2n) is 4.72.